The van der Waals surface area contributed by atoms with E-state index in [2.05, 4.69) is 10.6 Å². The number of anilines is 1. The summed E-state index contributed by atoms with van der Waals surface area (Å²) in [5.41, 5.74) is 1.17. The van der Waals surface area contributed by atoms with Crippen molar-refractivity contribution in [3.8, 4) is 0 Å². The van der Waals surface area contributed by atoms with Crippen molar-refractivity contribution in [3.63, 3.8) is 0 Å². The van der Waals surface area contributed by atoms with Gasteiger partial charge in [0.15, 0.2) is 5.76 Å². The van der Waals surface area contributed by atoms with Crippen LogP contribution in [0.25, 0.3) is 0 Å². The number of furan rings is 1. The number of rotatable bonds is 5. The number of amides is 2. The number of para-hydroxylation sites is 1. The molecule has 7 rings (SSSR count). The molecule has 5 saturated carbocycles. The zero-order valence-corrected chi connectivity index (χ0v) is 19.3. The maximum atomic E-state index is 13.1. The fourth-order valence-corrected chi connectivity index (χ4v) is 7.64. The first-order chi connectivity index (χ1) is 16.1. The summed E-state index contributed by atoms with van der Waals surface area (Å²) in [4.78, 5) is 26.0. The summed E-state index contributed by atoms with van der Waals surface area (Å²) in [7, 11) is 0. The van der Waals surface area contributed by atoms with Gasteiger partial charge in [-0.25, -0.2) is 0 Å². The van der Waals surface area contributed by atoms with Crippen molar-refractivity contribution in [2.45, 2.75) is 82.1 Å². The molecule has 0 radical (unpaired) electrons. The largest absolute Gasteiger partial charge is 0.455 e. The van der Waals surface area contributed by atoms with Crippen molar-refractivity contribution in [2.24, 2.45) is 17.8 Å². The third-order valence-corrected chi connectivity index (χ3v) is 8.75. The van der Waals surface area contributed by atoms with Crippen LogP contribution in [-0.4, -0.2) is 17.9 Å². The van der Waals surface area contributed by atoms with E-state index in [4.69, 9.17) is 4.42 Å². The monoisotopic (exact) mass is 446 g/mol. The first-order valence-electron chi connectivity index (χ1n) is 12.9. The summed E-state index contributed by atoms with van der Waals surface area (Å²) in [5.74, 6) is 3.41. The van der Waals surface area contributed by atoms with Gasteiger partial charge in [0.1, 0.15) is 5.76 Å². The van der Waals surface area contributed by atoms with Gasteiger partial charge in [0, 0.05) is 11.5 Å². The van der Waals surface area contributed by atoms with E-state index in [0.29, 0.717) is 17.0 Å². The number of carbonyl (C=O) groups is 2. The fourth-order valence-electron chi connectivity index (χ4n) is 7.64. The molecule has 1 aromatic carbocycles. The molecule has 174 valence electrons. The van der Waals surface area contributed by atoms with Gasteiger partial charge in [0.25, 0.3) is 11.8 Å². The molecule has 0 atom stereocenters. The number of carbonyl (C=O) groups excluding carboxylic acids is 2. The molecule has 5 aliphatic rings. The van der Waals surface area contributed by atoms with Gasteiger partial charge in [-0.1, -0.05) is 31.4 Å². The summed E-state index contributed by atoms with van der Waals surface area (Å²) in [6.45, 7) is 0. The van der Waals surface area contributed by atoms with Gasteiger partial charge in [-0.2, -0.15) is 0 Å². The SMILES string of the molecule is O=C(Nc1ccccc1C(=O)NC1CCCCC1)c1ccc(C23CC4CC(CC(C4)C2)C3)o1. The lowest BCUT2D eigenvalue weighted by atomic mass is 9.49. The van der Waals surface area contributed by atoms with Crippen LogP contribution in [-0.2, 0) is 5.41 Å². The second-order valence-electron chi connectivity index (χ2n) is 11.2. The smallest absolute Gasteiger partial charge is 0.291 e. The molecule has 2 N–H and O–H groups in total. The van der Waals surface area contributed by atoms with E-state index in [1.165, 1.54) is 44.9 Å². The van der Waals surface area contributed by atoms with Crippen LogP contribution in [0.4, 0.5) is 5.69 Å². The second-order valence-corrected chi connectivity index (χ2v) is 11.2. The highest BCUT2D eigenvalue weighted by Crippen LogP contribution is 2.60. The minimum absolute atomic E-state index is 0.119. The third-order valence-electron chi connectivity index (χ3n) is 8.75. The van der Waals surface area contributed by atoms with Crippen LogP contribution in [0.2, 0.25) is 0 Å². The fraction of sp³-hybridized carbons (Fsp3) is 0.571. The van der Waals surface area contributed by atoms with Crippen molar-refractivity contribution < 1.29 is 14.0 Å². The molecule has 2 aromatic rings. The van der Waals surface area contributed by atoms with E-state index in [9.17, 15) is 9.59 Å². The first-order valence-corrected chi connectivity index (χ1v) is 12.9. The molecular weight excluding hydrogens is 412 g/mol. The van der Waals surface area contributed by atoms with Gasteiger partial charge in [-0.05, 0) is 93.4 Å². The van der Waals surface area contributed by atoms with Gasteiger partial charge in [-0.15, -0.1) is 0 Å². The minimum Gasteiger partial charge on any atom is -0.455 e. The van der Waals surface area contributed by atoms with Crippen molar-refractivity contribution in [3.05, 3.63) is 53.5 Å². The molecule has 5 heteroatoms. The standard InChI is InChI=1S/C28H34N2O3/c31-26(29-21-6-2-1-3-7-21)22-8-4-5-9-23(22)30-27(32)24-10-11-25(33-24)28-15-18-12-19(16-28)14-20(13-18)17-28/h4-5,8-11,18-21H,1-3,6-7,12-17H2,(H,29,31)(H,30,32). The molecule has 5 fully saturated rings. The molecule has 1 aromatic heterocycles. The Balaban J connectivity index is 1.17. The van der Waals surface area contributed by atoms with Gasteiger partial charge in [0.2, 0.25) is 0 Å². The van der Waals surface area contributed by atoms with Crippen LogP contribution in [0.15, 0.2) is 40.8 Å². The average molecular weight is 447 g/mol. The van der Waals surface area contributed by atoms with Crippen LogP contribution < -0.4 is 10.6 Å². The highest BCUT2D eigenvalue weighted by Gasteiger charge is 2.53. The van der Waals surface area contributed by atoms with Crippen LogP contribution >= 0.6 is 0 Å². The molecule has 0 unspecified atom stereocenters. The molecule has 5 aliphatic carbocycles. The summed E-state index contributed by atoms with van der Waals surface area (Å²) < 4.78 is 6.21. The lowest BCUT2D eigenvalue weighted by molar-refractivity contribution is -0.0154. The molecule has 2 amide bonds. The number of hydrogen-bond acceptors (Lipinski definition) is 3. The Bertz CT molecular complexity index is 1010. The molecule has 5 nitrogen and oxygen atoms in total. The maximum absolute atomic E-state index is 13.1. The molecule has 0 aliphatic heterocycles. The van der Waals surface area contributed by atoms with Gasteiger partial charge in [0.05, 0.1) is 11.3 Å². The van der Waals surface area contributed by atoms with Crippen molar-refractivity contribution in [1.82, 2.24) is 5.32 Å². The van der Waals surface area contributed by atoms with Crippen LogP contribution in [0.1, 0.15) is 97.3 Å². The Labute approximate surface area is 195 Å². The van der Waals surface area contributed by atoms with Crippen molar-refractivity contribution >= 4 is 17.5 Å². The normalized spacial score (nSPS) is 30.8. The number of nitrogens with one attached hydrogen (secondary N) is 2. The van der Waals surface area contributed by atoms with E-state index in [-0.39, 0.29) is 23.3 Å². The van der Waals surface area contributed by atoms with Gasteiger partial charge < -0.3 is 15.1 Å². The zero-order valence-electron chi connectivity index (χ0n) is 19.3. The minimum atomic E-state index is -0.288. The van der Waals surface area contributed by atoms with Gasteiger partial charge in [-0.3, -0.25) is 9.59 Å². The van der Waals surface area contributed by atoms with Gasteiger partial charge >= 0.3 is 0 Å². The number of hydrogen-bond donors (Lipinski definition) is 2. The lowest BCUT2D eigenvalue weighted by Gasteiger charge is -2.55. The summed E-state index contributed by atoms with van der Waals surface area (Å²) in [6, 6.07) is 11.3. The predicted molar refractivity (Wildman–Crippen MR) is 127 cm³/mol. The summed E-state index contributed by atoms with van der Waals surface area (Å²) in [5, 5.41) is 6.09. The Morgan fingerprint density at radius 1 is 0.818 bits per heavy atom. The van der Waals surface area contributed by atoms with Crippen molar-refractivity contribution in [2.75, 3.05) is 5.32 Å². The molecule has 1 heterocycles. The summed E-state index contributed by atoms with van der Waals surface area (Å²) >= 11 is 0. The van der Waals surface area contributed by atoms with E-state index < -0.39 is 0 Å². The molecular formula is C28H34N2O3. The predicted octanol–water partition coefficient (Wildman–Crippen LogP) is 6.06. The Kier molecular flexibility index (Phi) is 5.31. The molecule has 0 spiro atoms. The highest BCUT2D eigenvalue weighted by atomic mass is 16.4. The number of benzene rings is 1. The molecule has 4 bridgehead atoms. The van der Waals surface area contributed by atoms with Crippen molar-refractivity contribution in [1.29, 1.82) is 0 Å². The van der Waals surface area contributed by atoms with E-state index in [0.717, 1.165) is 49.2 Å². The topological polar surface area (TPSA) is 71.3 Å². The quantitative estimate of drug-likeness (QED) is 0.586. The maximum Gasteiger partial charge on any atom is 0.291 e. The molecule has 33 heavy (non-hydrogen) atoms. The van der Waals surface area contributed by atoms with E-state index in [1.54, 1.807) is 12.1 Å². The van der Waals surface area contributed by atoms with E-state index in [1.807, 2.05) is 24.3 Å². The average Bonchev–Trinajstić information content (AvgIpc) is 3.31. The highest BCUT2D eigenvalue weighted by molar-refractivity contribution is 6.08. The van der Waals surface area contributed by atoms with Crippen LogP contribution in [0, 0.1) is 17.8 Å². The summed E-state index contributed by atoms with van der Waals surface area (Å²) in [6.07, 6.45) is 13.4. The Morgan fingerprint density at radius 3 is 2.18 bits per heavy atom. The Hall–Kier alpha value is -2.56. The lowest BCUT2D eigenvalue weighted by Crippen LogP contribution is -2.48. The van der Waals surface area contributed by atoms with E-state index >= 15 is 0 Å². The van der Waals surface area contributed by atoms with Crippen LogP contribution in [0.3, 0.4) is 0 Å². The molecule has 0 saturated heterocycles. The third kappa shape index (κ3) is 4.00. The second kappa shape index (κ2) is 8.34. The Morgan fingerprint density at radius 2 is 1.48 bits per heavy atom. The first kappa shape index (κ1) is 21.0. The van der Waals surface area contributed by atoms with Crippen LogP contribution in [0.5, 0.6) is 0 Å². The zero-order chi connectivity index (χ0) is 22.4.